The molecular formula is C16H16FNO3. The fourth-order valence-electron chi connectivity index (χ4n) is 1.78. The molecule has 0 aliphatic rings. The SMILES string of the molecule is CC(C)Oc1ccc(NC(=O)c2ccc(O)cc2F)cc1. The Hall–Kier alpha value is -2.56. The average Bonchev–Trinajstić information content (AvgIpc) is 2.40. The average molecular weight is 289 g/mol. The van der Waals surface area contributed by atoms with E-state index in [1.807, 2.05) is 13.8 Å². The molecule has 0 aliphatic carbocycles. The monoisotopic (exact) mass is 289 g/mol. The van der Waals surface area contributed by atoms with E-state index in [1.165, 1.54) is 12.1 Å². The van der Waals surface area contributed by atoms with E-state index in [1.54, 1.807) is 24.3 Å². The molecule has 5 heteroatoms. The third-order valence-electron chi connectivity index (χ3n) is 2.68. The quantitative estimate of drug-likeness (QED) is 0.904. The van der Waals surface area contributed by atoms with Gasteiger partial charge >= 0.3 is 0 Å². The lowest BCUT2D eigenvalue weighted by Crippen LogP contribution is -2.13. The summed E-state index contributed by atoms with van der Waals surface area (Å²) in [6, 6.07) is 10.2. The highest BCUT2D eigenvalue weighted by molar-refractivity contribution is 6.04. The van der Waals surface area contributed by atoms with Crippen LogP contribution in [0.25, 0.3) is 0 Å². The summed E-state index contributed by atoms with van der Waals surface area (Å²) >= 11 is 0. The molecule has 2 aromatic rings. The Kier molecular flexibility index (Phi) is 4.42. The molecule has 0 fully saturated rings. The number of aromatic hydroxyl groups is 1. The number of benzene rings is 2. The number of hydrogen-bond acceptors (Lipinski definition) is 3. The highest BCUT2D eigenvalue weighted by Crippen LogP contribution is 2.19. The van der Waals surface area contributed by atoms with Crippen LogP contribution in [0.15, 0.2) is 42.5 Å². The molecule has 0 heterocycles. The molecule has 21 heavy (non-hydrogen) atoms. The summed E-state index contributed by atoms with van der Waals surface area (Å²) in [4.78, 5) is 11.9. The Balaban J connectivity index is 2.08. The molecule has 0 atom stereocenters. The number of amides is 1. The molecule has 0 aromatic heterocycles. The van der Waals surface area contributed by atoms with Crippen LogP contribution in [0.1, 0.15) is 24.2 Å². The highest BCUT2D eigenvalue weighted by atomic mass is 19.1. The lowest BCUT2D eigenvalue weighted by atomic mass is 10.2. The van der Waals surface area contributed by atoms with E-state index in [9.17, 15) is 9.18 Å². The minimum atomic E-state index is -0.771. The zero-order valence-corrected chi connectivity index (χ0v) is 11.8. The van der Waals surface area contributed by atoms with Crippen LogP contribution in [0, 0.1) is 5.82 Å². The predicted octanol–water partition coefficient (Wildman–Crippen LogP) is 3.57. The second-order valence-electron chi connectivity index (χ2n) is 4.81. The fraction of sp³-hybridized carbons (Fsp3) is 0.188. The minimum absolute atomic E-state index is 0.0662. The van der Waals surface area contributed by atoms with Crippen LogP contribution in [0.2, 0.25) is 0 Å². The Morgan fingerprint density at radius 2 is 1.86 bits per heavy atom. The van der Waals surface area contributed by atoms with Gasteiger partial charge in [-0.2, -0.15) is 0 Å². The highest BCUT2D eigenvalue weighted by Gasteiger charge is 2.12. The van der Waals surface area contributed by atoms with Crippen molar-refractivity contribution in [2.24, 2.45) is 0 Å². The number of ether oxygens (including phenoxy) is 1. The van der Waals surface area contributed by atoms with Crippen molar-refractivity contribution >= 4 is 11.6 Å². The number of carbonyl (C=O) groups excluding carboxylic acids is 1. The zero-order valence-electron chi connectivity index (χ0n) is 11.8. The van der Waals surface area contributed by atoms with Gasteiger partial charge in [0, 0.05) is 11.8 Å². The molecule has 0 spiro atoms. The predicted molar refractivity (Wildman–Crippen MR) is 78.2 cm³/mol. The molecule has 4 nitrogen and oxygen atoms in total. The van der Waals surface area contributed by atoms with Gasteiger partial charge in [-0.1, -0.05) is 0 Å². The van der Waals surface area contributed by atoms with Crippen LogP contribution in [-0.4, -0.2) is 17.1 Å². The summed E-state index contributed by atoms with van der Waals surface area (Å²) in [5, 5.41) is 11.7. The maximum Gasteiger partial charge on any atom is 0.258 e. The van der Waals surface area contributed by atoms with Gasteiger partial charge in [-0.15, -0.1) is 0 Å². The molecule has 2 aromatic carbocycles. The van der Waals surface area contributed by atoms with Gasteiger partial charge in [-0.3, -0.25) is 4.79 Å². The molecular weight excluding hydrogens is 273 g/mol. The first-order valence-electron chi connectivity index (χ1n) is 6.52. The first kappa shape index (κ1) is 14.8. The van der Waals surface area contributed by atoms with Crippen LogP contribution < -0.4 is 10.1 Å². The van der Waals surface area contributed by atoms with Crippen LogP contribution in [0.3, 0.4) is 0 Å². The summed E-state index contributed by atoms with van der Waals surface area (Å²) in [5.41, 5.74) is 0.402. The van der Waals surface area contributed by atoms with Crippen molar-refractivity contribution in [1.82, 2.24) is 0 Å². The van der Waals surface area contributed by atoms with Crippen molar-refractivity contribution in [2.75, 3.05) is 5.32 Å². The van der Waals surface area contributed by atoms with Gasteiger partial charge in [-0.05, 0) is 50.2 Å². The topological polar surface area (TPSA) is 58.6 Å². The van der Waals surface area contributed by atoms with Crippen LogP contribution in [0.5, 0.6) is 11.5 Å². The molecule has 110 valence electrons. The van der Waals surface area contributed by atoms with Crippen molar-refractivity contribution in [1.29, 1.82) is 0 Å². The molecule has 1 amide bonds. The molecule has 0 radical (unpaired) electrons. The lowest BCUT2D eigenvalue weighted by Gasteiger charge is -2.11. The molecule has 0 aliphatic heterocycles. The van der Waals surface area contributed by atoms with Gasteiger partial charge in [0.05, 0.1) is 11.7 Å². The van der Waals surface area contributed by atoms with E-state index in [-0.39, 0.29) is 17.4 Å². The Morgan fingerprint density at radius 1 is 1.19 bits per heavy atom. The molecule has 0 saturated carbocycles. The second kappa shape index (κ2) is 6.26. The van der Waals surface area contributed by atoms with E-state index in [2.05, 4.69) is 5.32 Å². The van der Waals surface area contributed by atoms with Crippen molar-refractivity contribution < 1.29 is 19.0 Å². The number of nitrogens with one attached hydrogen (secondary N) is 1. The number of halogens is 1. The third kappa shape index (κ3) is 3.95. The normalized spacial score (nSPS) is 10.5. The standard InChI is InChI=1S/C16H16FNO3/c1-10(2)21-13-6-3-11(4-7-13)18-16(20)14-8-5-12(19)9-15(14)17/h3-10,19H,1-2H3,(H,18,20). The Labute approximate surface area is 122 Å². The molecule has 0 unspecified atom stereocenters. The summed E-state index contributed by atoms with van der Waals surface area (Å²) in [6.07, 6.45) is 0.0662. The number of phenolic OH excluding ortho intramolecular Hbond substituents is 1. The number of anilines is 1. The second-order valence-corrected chi connectivity index (χ2v) is 4.81. The molecule has 0 bridgehead atoms. The summed E-state index contributed by atoms with van der Waals surface area (Å²) in [6.45, 7) is 3.84. The van der Waals surface area contributed by atoms with Crippen molar-refractivity contribution in [3.63, 3.8) is 0 Å². The van der Waals surface area contributed by atoms with E-state index in [4.69, 9.17) is 9.84 Å². The summed E-state index contributed by atoms with van der Waals surface area (Å²) in [7, 11) is 0. The lowest BCUT2D eigenvalue weighted by molar-refractivity contribution is 0.102. The van der Waals surface area contributed by atoms with Crippen LogP contribution in [-0.2, 0) is 0 Å². The fourth-order valence-corrected chi connectivity index (χ4v) is 1.78. The third-order valence-corrected chi connectivity index (χ3v) is 2.68. The van der Waals surface area contributed by atoms with Crippen molar-refractivity contribution in [3.8, 4) is 11.5 Å². The first-order valence-corrected chi connectivity index (χ1v) is 6.52. The van der Waals surface area contributed by atoms with E-state index >= 15 is 0 Å². The largest absolute Gasteiger partial charge is 0.508 e. The van der Waals surface area contributed by atoms with Gasteiger partial charge in [-0.25, -0.2) is 4.39 Å². The van der Waals surface area contributed by atoms with Crippen molar-refractivity contribution in [3.05, 3.63) is 53.8 Å². The summed E-state index contributed by atoms with van der Waals surface area (Å²) in [5.74, 6) is -0.879. The molecule has 2 N–H and O–H groups in total. The van der Waals surface area contributed by atoms with E-state index in [0.717, 1.165) is 6.07 Å². The van der Waals surface area contributed by atoms with Gasteiger partial charge < -0.3 is 15.2 Å². The summed E-state index contributed by atoms with van der Waals surface area (Å²) < 4.78 is 19.1. The number of carbonyl (C=O) groups is 1. The maximum atomic E-state index is 13.6. The molecule has 0 saturated heterocycles. The van der Waals surface area contributed by atoms with Crippen LogP contribution in [0.4, 0.5) is 10.1 Å². The number of hydrogen-bond donors (Lipinski definition) is 2. The molecule has 2 rings (SSSR count). The Bertz CT molecular complexity index is 638. The maximum absolute atomic E-state index is 13.6. The zero-order chi connectivity index (χ0) is 15.4. The first-order chi connectivity index (χ1) is 9.95. The van der Waals surface area contributed by atoms with Gasteiger partial charge in [0.15, 0.2) is 0 Å². The van der Waals surface area contributed by atoms with E-state index < -0.39 is 11.7 Å². The van der Waals surface area contributed by atoms with Crippen molar-refractivity contribution in [2.45, 2.75) is 20.0 Å². The van der Waals surface area contributed by atoms with Crippen LogP contribution >= 0.6 is 0 Å². The Morgan fingerprint density at radius 3 is 2.43 bits per heavy atom. The number of rotatable bonds is 4. The van der Waals surface area contributed by atoms with Gasteiger partial charge in [0.1, 0.15) is 17.3 Å². The van der Waals surface area contributed by atoms with E-state index in [0.29, 0.717) is 11.4 Å². The smallest absolute Gasteiger partial charge is 0.258 e. The van der Waals surface area contributed by atoms with Gasteiger partial charge in [0.25, 0.3) is 5.91 Å². The number of phenols is 1. The minimum Gasteiger partial charge on any atom is -0.508 e. The van der Waals surface area contributed by atoms with Gasteiger partial charge in [0.2, 0.25) is 0 Å².